The van der Waals surface area contributed by atoms with Gasteiger partial charge in [0.25, 0.3) is 0 Å². The molecule has 3 rings (SSSR count). The molecule has 1 saturated carbocycles. The van der Waals surface area contributed by atoms with Crippen LogP contribution in [-0.4, -0.2) is 30.2 Å². The van der Waals surface area contributed by atoms with Gasteiger partial charge < -0.3 is 10.1 Å². The molecule has 0 radical (unpaired) electrons. The van der Waals surface area contributed by atoms with E-state index in [-0.39, 0.29) is 12.2 Å². The van der Waals surface area contributed by atoms with Crippen LogP contribution in [0.3, 0.4) is 0 Å². The molecule has 1 N–H and O–H groups in total. The van der Waals surface area contributed by atoms with Crippen LogP contribution >= 0.6 is 0 Å². The smallest absolute Gasteiger partial charge is 0.414 e. The Morgan fingerprint density at radius 3 is 3.06 bits per heavy atom. The molecule has 0 atom stereocenters. The zero-order chi connectivity index (χ0) is 11.7. The SMILES string of the molecule is O=C(OC1CCC1)N1C=CC2=C(CCCN2)C1. The lowest BCUT2D eigenvalue weighted by Crippen LogP contribution is -2.37. The lowest BCUT2D eigenvalue weighted by molar-refractivity contribution is 0.0356. The lowest BCUT2D eigenvalue weighted by Gasteiger charge is -2.31. The average Bonchev–Trinajstić information content (AvgIpc) is 2.33. The molecule has 1 fully saturated rings. The van der Waals surface area contributed by atoms with E-state index >= 15 is 0 Å². The summed E-state index contributed by atoms with van der Waals surface area (Å²) in [4.78, 5) is 13.6. The highest BCUT2D eigenvalue weighted by atomic mass is 16.6. The Balaban J connectivity index is 1.61. The molecule has 1 amide bonds. The van der Waals surface area contributed by atoms with Gasteiger partial charge in [-0.05, 0) is 43.8 Å². The summed E-state index contributed by atoms with van der Waals surface area (Å²) in [6, 6.07) is 0. The highest BCUT2D eigenvalue weighted by molar-refractivity contribution is 5.70. The first kappa shape index (κ1) is 10.7. The summed E-state index contributed by atoms with van der Waals surface area (Å²) in [5, 5.41) is 3.36. The van der Waals surface area contributed by atoms with Crippen LogP contribution in [0.1, 0.15) is 32.1 Å². The van der Waals surface area contributed by atoms with E-state index in [0.717, 1.165) is 32.2 Å². The van der Waals surface area contributed by atoms with Gasteiger partial charge in [0.1, 0.15) is 6.10 Å². The molecule has 0 unspecified atom stereocenters. The minimum atomic E-state index is -0.192. The van der Waals surface area contributed by atoms with E-state index in [0.29, 0.717) is 6.54 Å². The van der Waals surface area contributed by atoms with E-state index in [1.165, 1.54) is 17.7 Å². The van der Waals surface area contributed by atoms with Crippen molar-refractivity contribution in [1.29, 1.82) is 0 Å². The molecule has 0 aromatic heterocycles. The van der Waals surface area contributed by atoms with Gasteiger partial charge in [-0.25, -0.2) is 4.79 Å². The van der Waals surface area contributed by atoms with Gasteiger partial charge in [0.05, 0.1) is 6.54 Å². The van der Waals surface area contributed by atoms with Gasteiger partial charge >= 0.3 is 6.09 Å². The first-order valence-electron chi connectivity index (χ1n) is 6.44. The summed E-state index contributed by atoms with van der Waals surface area (Å²) >= 11 is 0. The van der Waals surface area contributed by atoms with Gasteiger partial charge in [0.2, 0.25) is 0 Å². The van der Waals surface area contributed by atoms with Gasteiger partial charge in [-0.2, -0.15) is 0 Å². The van der Waals surface area contributed by atoms with Crippen LogP contribution in [0, 0.1) is 0 Å². The average molecular weight is 234 g/mol. The Kier molecular flexibility index (Phi) is 2.79. The van der Waals surface area contributed by atoms with Crippen LogP contribution < -0.4 is 5.32 Å². The largest absolute Gasteiger partial charge is 0.446 e. The topological polar surface area (TPSA) is 41.6 Å². The second kappa shape index (κ2) is 4.43. The molecule has 2 heterocycles. The van der Waals surface area contributed by atoms with Crippen molar-refractivity contribution in [1.82, 2.24) is 10.2 Å². The fraction of sp³-hybridized carbons (Fsp3) is 0.615. The number of carbonyl (C=O) groups excluding carboxylic acids is 1. The highest BCUT2D eigenvalue weighted by Crippen LogP contribution is 2.25. The van der Waals surface area contributed by atoms with E-state index in [4.69, 9.17) is 4.74 Å². The van der Waals surface area contributed by atoms with Crippen molar-refractivity contribution in [2.45, 2.75) is 38.2 Å². The molecule has 0 bridgehead atoms. The third kappa shape index (κ3) is 2.16. The predicted molar refractivity (Wildman–Crippen MR) is 64.2 cm³/mol. The van der Waals surface area contributed by atoms with Crippen LogP contribution in [0.15, 0.2) is 23.5 Å². The fourth-order valence-electron chi connectivity index (χ4n) is 2.37. The minimum absolute atomic E-state index is 0.163. The third-order valence-corrected chi connectivity index (χ3v) is 3.69. The Bertz CT molecular complexity index is 383. The standard InChI is InChI=1S/C13H18N2O2/c16-13(17-11-4-1-5-11)15-8-6-12-10(9-15)3-2-7-14-12/h6,8,11,14H,1-5,7,9H2. The quantitative estimate of drug-likeness (QED) is 0.755. The number of allylic oxidation sites excluding steroid dienone is 1. The van der Waals surface area contributed by atoms with Gasteiger partial charge in [-0.15, -0.1) is 0 Å². The van der Waals surface area contributed by atoms with Crippen molar-refractivity contribution >= 4 is 6.09 Å². The monoisotopic (exact) mass is 234 g/mol. The van der Waals surface area contributed by atoms with Crippen molar-refractivity contribution < 1.29 is 9.53 Å². The van der Waals surface area contributed by atoms with Gasteiger partial charge in [-0.3, -0.25) is 4.90 Å². The molecular weight excluding hydrogens is 216 g/mol. The van der Waals surface area contributed by atoms with Crippen molar-refractivity contribution in [3.8, 4) is 0 Å². The number of nitrogens with zero attached hydrogens (tertiary/aromatic N) is 1. The number of hydrogen-bond donors (Lipinski definition) is 1. The van der Waals surface area contributed by atoms with Gasteiger partial charge in [0.15, 0.2) is 0 Å². The molecule has 2 aliphatic heterocycles. The van der Waals surface area contributed by atoms with E-state index in [1.807, 2.05) is 12.3 Å². The number of ether oxygens (including phenoxy) is 1. The Hall–Kier alpha value is -1.45. The summed E-state index contributed by atoms with van der Waals surface area (Å²) in [6.07, 6.45) is 9.26. The molecule has 0 saturated heterocycles. The highest BCUT2D eigenvalue weighted by Gasteiger charge is 2.26. The molecule has 4 nitrogen and oxygen atoms in total. The molecule has 0 aromatic rings. The molecule has 3 aliphatic rings. The second-order valence-electron chi connectivity index (χ2n) is 4.93. The maximum atomic E-state index is 11.9. The first-order chi connectivity index (χ1) is 8.33. The summed E-state index contributed by atoms with van der Waals surface area (Å²) in [7, 11) is 0. The van der Waals surface area contributed by atoms with Crippen LogP contribution in [-0.2, 0) is 4.74 Å². The molecule has 4 heteroatoms. The van der Waals surface area contributed by atoms with Crippen LogP contribution in [0.5, 0.6) is 0 Å². The number of amides is 1. The molecule has 92 valence electrons. The molecular formula is C13H18N2O2. The zero-order valence-electron chi connectivity index (χ0n) is 9.95. The summed E-state index contributed by atoms with van der Waals surface area (Å²) in [5.41, 5.74) is 2.52. The number of rotatable bonds is 1. The van der Waals surface area contributed by atoms with Crippen molar-refractivity contribution in [3.05, 3.63) is 23.5 Å². The van der Waals surface area contributed by atoms with E-state index in [2.05, 4.69) is 5.32 Å². The molecule has 17 heavy (non-hydrogen) atoms. The Morgan fingerprint density at radius 1 is 1.41 bits per heavy atom. The number of carbonyl (C=O) groups is 1. The Labute approximate surface area is 101 Å². The van der Waals surface area contributed by atoms with Gasteiger partial charge in [-0.1, -0.05) is 0 Å². The normalized spacial score (nSPS) is 23.9. The first-order valence-corrected chi connectivity index (χ1v) is 6.44. The maximum absolute atomic E-state index is 11.9. The van der Waals surface area contributed by atoms with Gasteiger partial charge in [0, 0.05) is 18.4 Å². The van der Waals surface area contributed by atoms with E-state index in [9.17, 15) is 4.79 Å². The Morgan fingerprint density at radius 2 is 2.29 bits per heavy atom. The summed E-state index contributed by atoms with van der Waals surface area (Å²) < 4.78 is 5.40. The van der Waals surface area contributed by atoms with E-state index < -0.39 is 0 Å². The molecule has 0 aromatic carbocycles. The summed E-state index contributed by atoms with van der Waals surface area (Å²) in [6.45, 7) is 1.72. The van der Waals surface area contributed by atoms with Crippen LogP contribution in [0.4, 0.5) is 4.79 Å². The fourth-order valence-corrected chi connectivity index (χ4v) is 2.37. The van der Waals surface area contributed by atoms with Crippen molar-refractivity contribution in [2.24, 2.45) is 0 Å². The number of nitrogens with one attached hydrogen (secondary N) is 1. The molecule has 1 aliphatic carbocycles. The third-order valence-electron chi connectivity index (χ3n) is 3.69. The van der Waals surface area contributed by atoms with Crippen molar-refractivity contribution in [3.63, 3.8) is 0 Å². The van der Waals surface area contributed by atoms with Crippen LogP contribution in [0.25, 0.3) is 0 Å². The predicted octanol–water partition coefficient (Wildman–Crippen LogP) is 2.14. The van der Waals surface area contributed by atoms with Crippen LogP contribution in [0.2, 0.25) is 0 Å². The second-order valence-corrected chi connectivity index (χ2v) is 4.93. The zero-order valence-corrected chi connectivity index (χ0v) is 9.95. The minimum Gasteiger partial charge on any atom is -0.446 e. The van der Waals surface area contributed by atoms with E-state index in [1.54, 1.807) is 4.90 Å². The maximum Gasteiger partial charge on any atom is 0.414 e. The molecule has 0 spiro atoms. The summed E-state index contributed by atoms with van der Waals surface area (Å²) in [5.74, 6) is 0. The lowest BCUT2D eigenvalue weighted by atomic mass is 9.96. The van der Waals surface area contributed by atoms with Crippen molar-refractivity contribution in [2.75, 3.05) is 13.1 Å². The number of hydrogen-bond acceptors (Lipinski definition) is 3.